The van der Waals surface area contributed by atoms with E-state index in [1.165, 1.54) is 167 Å². The fraction of sp³-hybridized carbons (Fsp3) is 0.930. The van der Waals surface area contributed by atoms with Crippen molar-refractivity contribution in [2.45, 2.75) is 258 Å². The second-order valence-electron chi connectivity index (χ2n) is 14.7. The van der Waals surface area contributed by atoms with Gasteiger partial charge < -0.3 is 35.1 Å². The van der Waals surface area contributed by atoms with Gasteiger partial charge in [-0.1, -0.05) is 213 Å². The topological polar surface area (TPSA) is 158 Å². The number of carbonyl (C=O) groups is 3. The third kappa shape index (κ3) is 55.7. The second-order valence-corrected chi connectivity index (χ2v) is 14.7. The SMILES string of the molecule is CCCCCC(O)(O)C(=O)O.CCCCCCCCCCCCCCCCCC(=O)[O-].CCCCCCCCCCCCCCCCCC(=O)[O-].[Zn+2]. The summed E-state index contributed by atoms with van der Waals surface area (Å²) in [5, 5.41) is 46.2. The Morgan fingerprint density at radius 3 is 0.769 bits per heavy atom. The molecule has 0 amide bonds. The van der Waals surface area contributed by atoms with Crippen molar-refractivity contribution in [1.29, 1.82) is 0 Å². The molecule has 0 aromatic carbocycles. The average molecular weight is 795 g/mol. The first-order valence-corrected chi connectivity index (χ1v) is 21.6. The van der Waals surface area contributed by atoms with E-state index >= 15 is 0 Å². The first-order valence-electron chi connectivity index (χ1n) is 21.6. The van der Waals surface area contributed by atoms with Crippen molar-refractivity contribution >= 4 is 17.9 Å². The van der Waals surface area contributed by atoms with Gasteiger partial charge in [0.15, 0.2) is 0 Å². The molecule has 0 aromatic heterocycles. The van der Waals surface area contributed by atoms with Crippen LogP contribution < -0.4 is 10.2 Å². The van der Waals surface area contributed by atoms with E-state index in [4.69, 9.17) is 15.3 Å². The van der Waals surface area contributed by atoms with E-state index in [1.807, 2.05) is 6.92 Å². The van der Waals surface area contributed by atoms with Crippen molar-refractivity contribution in [2.75, 3.05) is 0 Å². The quantitative estimate of drug-likeness (QED) is 0.0319. The number of unbranched alkanes of at least 4 members (excludes halogenated alkanes) is 30. The minimum Gasteiger partial charge on any atom is -0.550 e. The van der Waals surface area contributed by atoms with Gasteiger partial charge in [0.25, 0.3) is 5.79 Å². The van der Waals surface area contributed by atoms with Crippen molar-refractivity contribution < 1.29 is 59.4 Å². The first kappa shape index (κ1) is 57.7. The van der Waals surface area contributed by atoms with Gasteiger partial charge in [0, 0.05) is 18.4 Å². The summed E-state index contributed by atoms with van der Waals surface area (Å²) >= 11 is 0. The Hall–Kier alpha value is -1.05. The van der Waals surface area contributed by atoms with Crippen LogP contribution in [0.4, 0.5) is 0 Å². The molecular formula is C43H84O8Zn. The van der Waals surface area contributed by atoms with Crippen molar-refractivity contribution in [2.24, 2.45) is 0 Å². The van der Waals surface area contributed by atoms with Gasteiger partial charge in [0.05, 0.1) is 0 Å². The smallest absolute Gasteiger partial charge is 0.550 e. The fourth-order valence-corrected chi connectivity index (χ4v) is 6.01. The van der Waals surface area contributed by atoms with Gasteiger partial charge >= 0.3 is 25.4 Å². The fourth-order valence-electron chi connectivity index (χ4n) is 6.01. The van der Waals surface area contributed by atoms with Crippen molar-refractivity contribution in [1.82, 2.24) is 0 Å². The largest absolute Gasteiger partial charge is 2.00 e. The molecule has 0 bridgehead atoms. The third-order valence-electron chi connectivity index (χ3n) is 9.44. The summed E-state index contributed by atoms with van der Waals surface area (Å²) in [4.78, 5) is 30.6. The molecule has 0 aliphatic carbocycles. The Morgan fingerprint density at radius 2 is 0.577 bits per heavy atom. The van der Waals surface area contributed by atoms with E-state index in [9.17, 15) is 24.6 Å². The van der Waals surface area contributed by atoms with Crippen LogP contribution in [0.5, 0.6) is 0 Å². The zero-order chi connectivity index (χ0) is 38.7. The molecule has 0 spiro atoms. The van der Waals surface area contributed by atoms with Gasteiger partial charge in [-0.05, 0) is 32.1 Å². The summed E-state index contributed by atoms with van der Waals surface area (Å²) in [5.74, 6) is -5.91. The number of carboxylic acids is 3. The molecule has 9 heteroatoms. The standard InChI is InChI=1S/2C18H36O2.C7H14O4.Zn/c2*1-2-3-4-5-6-7-8-9-10-11-12-13-14-15-16-17-18(19)20;1-2-3-4-5-7(10,11)6(8)9;/h2*2-17H2,1H3,(H,19,20);10-11H,2-5H2,1H3,(H,8,9);/q;;;+2/p-2. The van der Waals surface area contributed by atoms with Gasteiger partial charge in [-0.3, -0.25) is 0 Å². The molecule has 0 fully saturated rings. The summed E-state index contributed by atoms with van der Waals surface area (Å²) in [6, 6.07) is 0. The van der Waals surface area contributed by atoms with Crippen molar-refractivity contribution in [3.63, 3.8) is 0 Å². The molecular weight excluding hydrogens is 710 g/mol. The molecule has 0 atom stereocenters. The molecule has 0 saturated carbocycles. The molecule has 8 nitrogen and oxygen atoms in total. The average Bonchev–Trinajstić information content (AvgIpc) is 3.08. The maximum absolute atomic E-state index is 10.2. The number of aliphatic hydroxyl groups is 2. The Labute approximate surface area is 333 Å². The maximum Gasteiger partial charge on any atom is 2.00 e. The maximum atomic E-state index is 10.2. The van der Waals surface area contributed by atoms with Gasteiger partial charge in [0.1, 0.15) is 0 Å². The number of carbonyl (C=O) groups excluding carboxylic acids is 2. The third-order valence-corrected chi connectivity index (χ3v) is 9.44. The predicted molar refractivity (Wildman–Crippen MR) is 208 cm³/mol. The summed E-state index contributed by atoms with van der Waals surface area (Å²) in [6.07, 6.45) is 41.9. The number of aliphatic carboxylic acids is 3. The molecule has 52 heavy (non-hydrogen) atoms. The van der Waals surface area contributed by atoms with Crippen LogP contribution >= 0.6 is 0 Å². The predicted octanol–water partition coefficient (Wildman–Crippen LogP) is 10.3. The Balaban J connectivity index is -0.000000344. The Kier molecular flexibility index (Phi) is 53.2. The summed E-state index contributed by atoms with van der Waals surface area (Å²) in [7, 11) is 0. The zero-order valence-corrected chi connectivity index (χ0v) is 37.5. The summed E-state index contributed by atoms with van der Waals surface area (Å²) < 4.78 is 0. The molecule has 0 radical (unpaired) electrons. The number of rotatable bonds is 37. The molecule has 0 unspecified atom stereocenters. The molecule has 0 heterocycles. The van der Waals surface area contributed by atoms with Crippen molar-refractivity contribution in [3.8, 4) is 0 Å². The molecule has 3 N–H and O–H groups in total. The van der Waals surface area contributed by atoms with Gasteiger partial charge in [-0.2, -0.15) is 0 Å². The van der Waals surface area contributed by atoms with E-state index < -0.39 is 23.7 Å². The van der Waals surface area contributed by atoms with E-state index in [0.29, 0.717) is 6.42 Å². The van der Waals surface area contributed by atoms with Crippen LogP contribution in [0.25, 0.3) is 0 Å². The van der Waals surface area contributed by atoms with Gasteiger partial charge in [-0.25, -0.2) is 4.79 Å². The van der Waals surface area contributed by atoms with E-state index in [-0.39, 0.29) is 38.7 Å². The number of carboxylic acid groups (broad SMARTS) is 3. The molecule has 0 aromatic rings. The van der Waals surface area contributed by atoms with Crippen LogP contribution in [0.2, 0.25) is 0 Å². The summed E-state index contributed by atoms with van der Waals surface area (Å²) in [5.41, 5.74) is 0. The molecule has 0 aliphatic heterocycles. The molecule has 0 rings (SSSR count). The van der Waals surface area contributed by atoms with Crippen LogP contribution in [-0.4, -0.2) is 39.0 Å². The van der Waals surface area contributed by atoms with Crippen LogP contribution in [0.3, 0.4) is 0 Å². The summed E-state index contributed by atoms with van der Waals surface area (Å²) in [6.45, 7) is 6.49. The van der Waals surface area contributed by atoms with Crippen molar-refractivity contribution in [3.05, 3.63) is 0 Å². The van der Waals surface area contributed by atoms with E-state index in [0.717, 1.165) is 38.5 Å². The zero-order valence-electron chi connectivity index (χ0n) is 34.5. The van der Waals surface area contributed by atoms with Gasteiger partial charge in [0.2, 0.25) is 0 Å². The normalized spacial score (nSPS) is 10.8. The van der Waals surface area contributed by atoms with Crippen LogP contribution in [-0.2, 0) is 33.9 Å². The number of hydrogen-bond acceptors (Lipinski definition) is 7. The minimum absolute atomic E-state index is 0. The Morgan fingerprint density at radius 1 is 0.385 bits per heavy atom. The monoisotopic (exact) mass is 793 g/mol. The van der Waals surface area contributed by atoms with E-state index in [2.05, 4.69) is 13.8 Å². The molecule has 0 saturated heterocycles. The van der Waals surface area contributed by atoms with E-state index in [1.54, 1.807) is 0 Å². The molecule has 306 valence electrons. The Bertz CT molecular complexity index is 688. The number of hydrogen-bond donors (Lipinski definition) is 3. The van der Waals surface area contributed by atoms with Crippen LogP contribution in [0, 0.1) is 0 Å². The first-order chi connectivity index (χ1) is 24.5. The van der Waals surface area contributed by atoms with Gasteiger partial charge in [-0.15, -0.1) is 0 Å². The van der Waals surface area contributed by atoms with Crippen LogP contribution in [0.1, 0.15) is 252 Å². The molecule has 0 aliphatic rings. The minimum atomic E-state index is -2.53. The van der Waals surface area contributed by atoms with Crippen LogP contribution in [0.15, 0.2) is 0 Å². The second kappa shape index (κ2) is 48.0.